The number of fused-ring (bicyclic) bond motifs is 1. The molecule has 0 aromatic heterocycles. The molecule has 2 atom stereocenters. The third-order valence-electron chi connectivity index (χ3n) is 6.18. The molecule has 1 aromatic carbocycles. The highest BCUT2D eigenvalue weighted by molar-refractivity contribution is 6.07. The second kappa shape index (κ2) is 6.08. The first kappa shape index (κ1) is 17.5. The van der Waals surface area contributed by atoms with Gasteiger partial charge >= 0.3 is 6.03 Å². The van der Waals surface area contributed by atoms with Crippen molar-refractivity contribution in [2.75, 3.05) is 13.2 Å². The minimum absolute atomic E-state index is 0.0269. The molecule has 4 rings (SSSR count). The van der Waals surface area contributed by atoms with Crippen LogP contribution in [0.5, 0.6) is 0 Å². The van der Waals surface area contributed by atoms with Crippen molar-refractivity contribution in [3.8, 4) is 0 Å². The molecule has 3 aliphatic rings. The maximum atomic E-state index is 13.3. The lowest BCUT2D eigenvalue weighted by atomic mass is 9.64. The molecular formula is C21H29N3O2. The Balaban J connectivity index is 1.50. The molecule has 2 aliphatic heterocycles. The highest BCUT2D eigenvalue weighted by Crippen LogP contribution is 2.46. The molecule has 140 valence electrons. The van der Waals surface area contributed by atoms with Crippen LogP contribution in [-0.2, 0) is 17.8 Å². The lowest BCUT2D eigenvalue weighted by Crippen LogP contribution is -2.54. The van der Waals surface area contributed by atoms with Gasteiger partial charge in [-0.15, -0.1) is 0 Å². The van der Waals surface area contributed by atoms with Gasteiger partial charge in [0.05, 0.1) is 6.67 Å². The van der Waals surface area contributed by atoms with Gasteiger partial charge in [0.25, 0.3) is 5.91 Å². The Morgan fingerprint density at radius 3 is 2.62 bits per heavy atom. The predicted octanol–water partition coefficient (Wildman–Crippen LogP) is 3.14. The van der Waals surface area contributed by atoms with E-state index in [0.717, 1.165) is 38.8 Å². The van der Waals surface area contributed by atoms with E-state index in [1.807, 2.05) is 0 Å². The van der Waals surface area contributed by atoms with E-state index < -0.39 is 5.54 Å². The fraction of sp³-hybridized carbons (Fsp3) is 0.619. The summed E-state index contributed by atoms with van der Waals surface area (Å²) in [5.41, 5.74) is 2.04. The Bertz CT molecular complexity index is 745. The van der Waals surface area contributed by atoms with Crippen molar-refractivity contribution in [1.29, 1.82) is 0 Å². The van der Waals surface area contributed by atoms with Crippen LogP contribution in [0.3, 0.4) is 0 Å². The van der Waals surface area contributed by atoms with Crippen LogP contribution in [0.25, 0.3) is 0 Å². The maximum Gasteiger partial charge on any atom is 0.326 e. The lowest BCUT2D eigenvalue weighted by Gasteiger charge is -2.44. The molecule has 5 heteroatoms. The van der Waals surface area contributed by atoms with Crippen LogP contribution in [0.15, 0.2) is 24.3 Å². The normalized spacial score (nSPS) is 31.2. The van der Waals surface area contributed by atoms with Crippen LogP contribution >= 0.6 is 0 Å². The first-order chi connectivity index (χ1) is 12.3. The second-order valence-corrected chi connectivity index (χ2v) is 9.31. The van der Waals surface area contributed by atoms with Crippen molar-refractivity contribution >= 4 is 11.9 Å². The number of nitrogens with zero attached hydrogens (tertiary/aromatic N) is 2. The van der Waals surface area contributed by atoms with Crippen molar-refractivity contribution in [3.63, 3.8) is 0 Å². The van der Waals surface area contributed by atoms with Crippen molar-refractivity contribution in [3.05, 3.63) is 35.4 Å². The van der Waals surface area contributed by atoms with Crippen molar-refractivity contribution in [1.82, 2.24) is 15.1 Å². The van der Waals surface area contributed by atoms with E-state index >= 15 is 0 Å². The molecule has 1 saturated heterocycles. The van der Waals surface area contributed by atoms with E-state index in [-0.39, 0.29) is 17.4 Å². The molecule has 0 bridgehead atoms. The fourth-order valence-corrected chi connectivity index (χ4v) is 5.51. The highest BCUT2D eigenvalue weighted by atomic mass is 16.2. The topological polar surface area (TPSA) is 52.7 Å². The molecule has 1 aromatic rings. The molecule has 0 radical (unpaired) electrons. The summed E-state index contributed by atoms with van der Waals surface area (Å²) >= 11 is 0. The summed E-state index contributed by atoms with van der Waals surface area (Å²) in [4.78, 5) is 29.6. The average Bonchev–Trinajstić information content (AvgIpc) is 2.76. The number of imide groups is 1. The SMILES string of the molecule is C[C@H]1CC(C)(C)C[C@]2(C1)NC(=O)N(CN1CCc3ccccc3C1)C2=O. The molecule has 0 unspecified atom stereocenters. The quantitative estimate of drug-likeness (QED) is 0.829. The number of rotatable bonds is 2. The molecule has 1 spiro atoms. The second-order valence-electron chi connectivity index (χ2n) is 9.31. The van der Waals surface area contributed by atoms with Crippen LogP contribution < -0.4 is 5.32 Å². The Kier molecular flexibility index (Phi) is 4.10. The molecule has 2 fully saturated rings. The minimum atomic E-state index is -0.702. The summed E-state index contributed by atoms with van der Waals surface area (Å²) in [5.74, 6) is 0.408. The predicted molar refractivity (Wildman–Crippen MR) is 100 cm³/mol. The van der Waals surface area contributed by atoms with Crippen LogP contribution in [0.1, 0.15) is 51.2 Å². The molecule has 3 amide bonds. The molecular weight excluding hydrogens is 326 g/mol. The van der Waals surface area contributed by atoms with E-state index in [1.165, 1.54) is 16.0 Å². The van der Waals surface area contributed by atoms with Gasteiger partial charge in [0, 0.05) is 13.1 Å². The summed E-state index contributed by atoms with van der Waals surface area (Å²) in [6.45, 7) is 8.65. The number of hydrogen-bond acceptors (Lipinski definition) is 3. The maximum absolute atomic E-state index is 13.3. The minimum Gasteiger partial charge on any atom is -0.323 e. The van der Waals surface area contributed by atoms with E-state index in [0.29, 0.717) is 12.6 Å². The number of carbonyl (C=O) groups is 2. The fourth-order valence-electron chi connectivity index (χ4n) is 5.51. The van der Waals surface area contributed by atoms with Gasteiger partial charge in [-0.2, -0.15) is 0 Å². The van der Waals surface area contributed by atoms with Gasteiger partial charge in [0.15, 0.2) is 0 Å². The summed E-state index contributed by atoms with van der Waals surface area (Å²) in [5, 5.41) is 3.07. The zero-order valence-corrected chi connectivity index (χ0v) is 16.0. The van der Waals surface area contributed by atoms with Gasteiger partial charge < -0.3 is 5.32 Å². The van der Waals surface area contributed by atoms with Gasteiger partial charge in [-0.05, 0) is 48.1 Å². The van der Waals surface area contributed by atoms with Crippen LogP contribution in [0.2, 0.25) is 0 Å². The average molecular weight is 355 g/mol. The third kappa shape index (κ3) is 3.02. The summed E-state index contributed by atoms with van der Waals surface area (Å²) < 4.78 is 0. The molecule has 1 N–H and O–H groups in total. The first-order valence-electron chi connectivity index (χ1n) is 9.71. The summed E-state index contributed by atoms with van der Waals surface area (Å²) in [7, 11) is 0. The van der Waals surface area contributed by atoms with Crippen molar-refractivity contribution in [2.24, 2.45) is 11.3 Å². The number of amides is 3. The summed E-state index contributed by atoms with van der Waals surface area (Å²) in [6.07, 6.45) is 3.55. The van der Waals surface area contributed by atoms with E-state index in [1.54, 1.807) is 0 Å². The van der Waals surface area contributed by atoms with Crippen LogP contribution in [0.4, 0.5) is 4.79 Å². The Labute approximate surface area is 155 Å². The van der Waals surface area contributed by atoms with Crippen molar-refractivity contribution in [2.45, 2.75) is 58.5 Å². The number of nitrogens with one attached hydrogen (secondary N) is 1. The molecule has 5 nitrogen and oxygen atoms in total. The zero-order valence-electron chi connectivity index (χ0n) is 16.0. The van der Waals surface area contributed by atoms with Crippen molar-refractivity contribution < 1.29 is 9.59 Å². The van der Waals surface area contributed by atoms with Gasteiger partial charge in [-0.3, -0.25) is 9.69 Å². The Morgan fingerprint density at radius 2 is 1.88 bits per heavy atom. The van der Waals surface area contributed by atoms with E-state index in [2.05, 4.69) is 55.3 Å². The first-order valence-corrected chi connectivity index (χ1v) is 9.71. The van der Waals surface area contributed by atoms with E-state index in [9.17, 15) is 9.59 Å². The standard InChI is InChI=1S/C21H29N3O2/c1-15-10-20(2,3)13-21(11-15)18(25)24(19(26)22-21)14-23-9-8-16-6-4-5-7-17(16)12-23/h4-7,15H,8-14H2,1-3H3,(H,22,26)/t15-,21-/m0/s1. The number of urea groups is 1. The molecule has 1 saturated carbocycles. The van der Waals surface area contributed by atoms with Crippen LogP contribution in [0, 0.1) is 11.3 Å². The van der Waals surface area contributed by atoms with E-state index in [4.69, 9.17) is 0 Å². The zero-order chi connectivity index (χ0) is 18.5. The molecule has 26 heavy (non-hydrogen) atoms. The number of benzene rings is 1. The Hall–Kier alpha value is -1.88. The largest absolute Gasteiger partial charge is 0.326 e. The highest BCUT2D eigenvalue weighted by Gasteiger charge is 2.56. The van der Waals surface area contributed by atoms with Gasteiger partial charge in [0.2, 0.25) is 0 Å². The molecule has 2 heterocycles. The smallest absolute Gasteiger partial charge is 0.323 e. The molecule has 1 aliphatic carbocycles. The number of carbonyl (C=O) groups excluding carboxylic acids is 2. The number of hydrogen-bond donors (Lipinski definition) is 1. The van der Waals surface area contributed by atoms with Gasteiger partial charge in [-0.25, -0.2) is 9.69 Å². The van der Waals surface area contributed by atoms with Gasteiger partial charge in [-0.1, -0.05) is 45.0 Å². The van der Waals surface area contributed by atoms with Gasteiger partial charge in [0.1, 0.15) is 5.54 Å². The Morgan fingerprint density at radius 1 is 1.15 bits per heavy atom. The monoisotopic (exact) mass is 355 g/mol. The lowest BCUT2D eigenvalue weighted by molar-refractivity contribution is -0.136. The third-order valence-corrected chi connectivity index (χ3v) is 6.18. The van der Waals surface area contributed by atoms with Crippen LogP contribution in [-0.4, -0.2) is 40.5 Å². The summed E-state index contributed by atoms with van der Waals surface area (Å²) in [6, 6.07) is 8.21.